The quantitative estimate of drug-likeness (QED) is 0.678. The Labute approximate surface area is 92.4 Å². The number of carbonyl (C=O) groups is 1. The van der Waals surface area contributed by atoms with Crippen molar-refractivity contribution >= 4 is 5.91 Å². The van der Waals surface area contributed by atoms with Crippen molar-refractivity contribution in [1.29, 1.82) is 0 Å². The number of nitrogens with one attached hydrogen (secondary N) is 2. The summed E-state index contributed by atoms with van der Waals surface area (Å²) in [5, 5.41) is 6.05. The molecular formula is C11H23N3O. The van der Waals surface area contributed by atoms with Crippen LogP contribution >= 0.6 is 0 Å². The number of carbonyl (C=O) groups excluding carboxylic acids is 1. The molecule has 0 aromatic carbocycles. The maximum absolute atomic E-state index is 11.4. The summed E-state index contributed by atoms with van der Waals surface area (Å²) in [4.78, 5) is 13.6. The summed E-state index contributed by atoms with van der Waals surface area (Å²) in [6.07, 6.45) is 2.42. The molecule has 1 aliphatic heterocycles. The highest BCUT2D eigenvalue weighted by Gasteiger charge is 2.19. The number of piperidine rings is 1. The van der Waals surface area contributed by atoms with Crippen molar-refractivity contribution in [2.75, 3.05) is 39.8 Å². The zero-order chi connectivity index (χ0) is 11.1. The van der Waals surface area contributed by atoms with E-state index in [1.807, 2.05) is 14.0 Å². The second-order valence-electron chi connectivity index (χ2n) is 4.23. The molecule has 1 amide bonds. The third-order valence-electron chi connectivity index (χ3n) is 2.94. The van der Waals surface area contributed by atoms with Crippen LogP contribution in [0.2, 0.25) is 0 Å². The van der Waals surface area contributed by atoms with E-state index in [0.717, 1.165) is 32.1 Å². The molecule has 0 unspecified atom stereocenters. The van der Waals surface area contributed by atoms with Crippen molar-refractivity contribution in [1.82, 2.24) is 15.5 Å². The van der Waals surface area contributed by atoms with Gasteiger partial charge in [0.15, 0.2) is 0 Å². The van der Waals surface area contributed by atoms with Crippen molar-refractivity contribution < 1.29 is 4.79 Å². The van der Waals surface area contributed by atoms with E-state index in [2.05, 4.69) is 15.5 Å². The molecule has 0 aromatic rings. The predicted molar refractivity (Wildman–Crippen MR) is 61.8 cm³/mol. The Morgan fingerprint density at radius 1 is 1.40 bits per heavy atom. The number of likely N-dealkylation sites (N-methyl/N-ethyl adjacent to an activating group) is 1. The first-order chi connectivity index (χ1) is 7.26. The van der Waals surface area contributed by atoms with E-state index in [1.54, 1.807) is 0 Å². The minimum atomic E-state index is 0.157. The lowest BCUT2D eigenvalue weighted by Crippen LogP contribution is -2.42. The van der Waals surface area contributed by atoms with Crippen LogP contribution in [0.25, 0.3) is 0 Å². The zero-order valence-electron chi connectivity index (χ0n) is 9.88. The van der Waals surface area contributed by atoms with Gasteiger partial charge in [0.1, 0.15) is 0 Å². The fraction of sp³-hybridized carbons (Fsp3) is 0.909. The van der Waals surface area contributed by atoms with Crippen LogP contribution in [0.15, 0.2) is 0 Å². The van der Waals surface area contributed by atoms with Gasteiger partial charge < -0.3 is 10.6 Å². The number of likely N-dealkylation sites (tertiary alicyclic amines) is 1. The molecule has 4 nitrogen and oxygen atoms in total. The molecule has 0 atom stereocenters. The average Bonchev–Trinajstić information content (AvgIpc) is 2.22. The van der Waals surface area contributed by atoms with Gasteiger partial charge in [-0.2, -0.15) is 0 Å². The third kappa shape index (κ3) is 4.62. The highest BCUT2D eigenvalue weighted by Crippen LogP contribution is 2.15. The van der Waals surface area contributed by atoms with Crippen molar-refractivity contribution in [2.24, 2.45) is 5.92 Å². The monoisotopic (exact) mass is 213 g/mol. The van der Waals surface area contributed by atoms with Gasteiger partial charge in [0.25, 0.3) is 0 Å². The Morgan fingerprint density at radius 3 is 2.60 bits per heavy atom. The molecule has 1 heterocycles. The molecule has 0 spiro atoms. The van der Waals surface area contributed by atoms with E-state index in [-0.39, 0.29) is 5.91 Å². The molecule has 0 saturated carbocycles. The van der Waals surface area contributed by atoms with E-state index >= 15 is 0 Å². The second kappa shape index (κ2) is 6.80. The maximum atomic E-state index is 11.4. The van der Waals surface area contributed by atoms with Crippen LogP contribution < -0.4 is 10.6 Å². The van der Waals surface area contributed by atoms with E-state index in [4.69, 9.17) is 0 Å². The van der Waals surface area contributed by atoms with Gasteiger partial charge >= 0.3 is 0 Å². The van der Waals surface area contributed by atoms with E-state index < -0.39 is 0 Å². The number of nitrogens with zero attached hydrogens (tertiary/aromatic N) is 1. The first-order valence-electron chi connectivity index (χ1n) is 5.90. The minimum Gasteiger partial charge on any atom is -0.355 e. The molecule has 1 rings (SSSR count). The summed E-state index contributed by atoms with van der Waals surface area (Å²) in [5.41, 5.74) is 0. The van der Waals surface area contributed by atoms with Crippen molar-refractivity contribution in [3.8, 4) is 0 Å². The van der Waals surface area contributed by atoms with Crippen LogP contribution in [0.5, 0.6) is 0 Å². The molecule has 1 aliphatic rings. The Kier molecular flexibility index (Phi) is 5.65. The van der Waals surface area contributed by atoms with Crippen molar-refractivity contribution in [3.05, 3.63) is 0 Å². The maximum Gasteiger partial charge on any atom is 0.234 e. The SMILES string of the molecule is CCNC(=O)CN1CCC(CNC)CC1. The first kappa shape index (κ1) is 12.5. The molecule has 4 heteroatoms. The summed E-state index contributed by atoms with van der Waals surface area (Å²) < 4.78 is 0. The summed E-state index contributed by atoms with van der Waals surface area (Å²) in [7, 11) is 2.00. The van der Waals surface area contributed by atoms with Gasteiger partial charge in [0.2, 0.25) is 5.91 Å². The van der Waals surface area contributed by atoms with Crippen LogP contribution in [0.1, 0.15) is 19.8 Å². The van der Waals surface area contributed by atoms with E-state index in [0.29, 0.717) is 6.54 Å². The molecule has 88 valence electrons. The van der Waals surface area contributed by atoms with Crippen molar-refractivity contribution in [3.63, 3.8) is 0 Å². The lowest BCUT2D eigenvalue weighted by molar-refractivity contribution is -0.122. The van der Waals surface area contributed by atoms with Gasteiger partial charge in [-0.15, -0.1) is 0 Å². The van der Waals surface area contributed by atoms with Crippen molar-refractivity contribution in [2.45, 2.75) is 19.8 Å². The molecule has 15 heavy (non-hydrogen) atoms. The molecule has 0 radical (unpaired) electrons. The first-order valence-corrected chi connectivity index (χ1v) is 5.90. The molecule has 2 N–H and O–H groups in total. The van der Waals surface area contributed by atoms with Crippen LogP contribution in [0, 0.1) is 5.92 Å². The molecule has 1 saturated heterocycles. The molecular weight excluding hydrogens is 190 g/mol. The Hall–Kier alpha value is -0.610. The molecule has 0 aromatic heterocycles. The summed E-state index contributed by atoms with van der Waals surface area (Å²) in [5.74, 6) is 0.949. The lowest BCUT2D eigenvalue weighted by atomic mass is 9.97. The highest BCUT2D eigenvalue weighted by atomic mass is 16.2. The largest absolute Gasteiger partial charge is 0.355 e. The van der Waals surface area contributed by atoms with Crippen LogP contribution in [-0.2, 0) is 4.79 Å². The zero-order valence-corrected chi connectivity index (χ0v) is 9.88. The fourth-order valence-corrected chi connectivity index (χ4v) is 2.09. The Morgan fingerprint density at radius 2 is 2.07 bits per heavy atom. The minimum absolute atomic E-state index is 0.157. The normalized spacial score (nSPS) is 19.1. The summed E-state index contributed by atoms with van der Waals surface area (Å²) in [6.45, 7) is 6.48. The van der Waals surface area contributed by atoms with Gasteiger partial charge in [-0.05, 0) is 52.4 Å². The highest BCUT2D eigenvalue weighted by molar-refractivity contribution is 5.77. The topological polar surface area (TPSA) is 44.4 Å². The average molecular weight is 213 g/mol. The molecule has 1 fully saturated rings. The third-order valence-corrected chi connectivity index (χ3v) is 2.94. The van der Waals surface area contributed by atoms with Gasteiger partial charge in [-0.1, -0.05) is 0 Å². The van der Waals surface area contributed by atoms with Crippen LogP contribution in [-0.4, -0.2) is 50.6 Å². The molecule has 0 bridgehead atoms. The predicted octanol–water partition coefficient (Wildman–Crippen LogP) is 0.0539. The lowest BCUT2D eigenvalue weighted by Gasteiger charge is -2.31. The Bertz CT molecular complexity index is 188. The van der Waals surface area contributed by atoms with E-state index in [9.17, 15) is 4.79 Å². The second-order valence-corrected chi connectivity index (χ2v) is 4.23. The Balaban J connectivity index is 2.16. The van der Waals surface area contributed by atoms with Gasteiger partial charge in [0.05, 0.1) is 6.54 Å². The number of amides is 1. The van der Waals surface area contributed by atoms with Crippen LogP contribution in [0.3, 0.4) is 0 Å². The summed E-state index contributed by atoms with van der Waals surface area (Å²) in [6, 6.07) is 0. The number of hydrogen-bond acceptors (Lipinski definition) is 3. The number of rotatable bonds is 5. The number of hydrogen-bond donors (Lipinski definition) is 2. The van der Waals surface area contributed by atoms with Gasteiger partial charge in [0, 0.05) is 6.54 Å². The molecule has 0 aliphatic carbocycles. The smallest absolute Gasteiger partial charge is 0.234 e. The van der Waals surface area contributed by atoms with Gasteiger partial charge in [-0.25, -0.2) is 0 Å². The summed E-state index contributed by atoms with van der Waals surface area (Å²) >= 11 is 0. The van der Waals surface area contributed by atoms with Crippen LogP contribution in [0.4, 0.5) is 0 Å². The fourth-order valence-electron chi connectivity index (χ4n) is 2.09. The standard InChI is InChI=1S/C11H23N3O/c1-3-13-11(15)9-14-6-4-10(5-7-14)8-12-2/h10,12H,3-9H2,1-2H3,(H,13,15). The van der Waals surface area contributed by atoms with Gasteiger partial charge in [-0.3, -0.25) is 9.69 Å². The van der Waals surface area contributed by atoms with E-state index in [1.165, 1.54) is 12.8 Å².